The van der Waals surface area contributed by atoms with E-state index in [1.54, 1.807) is 0 Å². The minimum absolute atomic E-state index is 0.419. The van der Waals surface area contributed by atoms with Gasteiger partial charge in [-0.15, -0.1) is 11.3 Å². The highest BCUT2D eigenvalue weighted by atomic mass is 32.2. The molecule has 0 atom stereocenters. The first-order chi connectivity index (χ1) is 25.3. The summed E-state index contributed by atoms with van der Waals surface area (Å²) in [4.78, 5) is 13.0. The molecule has 2 nitrogen and oxygen atoms in total. The number of rotatable bonds is 3. The molecule has 0 radical (unpaired) electrons. The van der Waals surface area contributed by atoms with Crippen molar-refractivity contribution in [3.63, 3.8) is 0 Å². The van der Waals surface area contributed by atoms with Crippen LogP contribution < -0.4 is 0 Å². The van der Waals surface area contributed by atoms with Gasteiger partial charge in [0.2, 0.25) is 0 Å². The molecule has 0 saturated heterocycles. The first kappa shape index (κ1) is 29.0. The molecular formula is C47H28N2S2. The Labute approximate surface area is 304 Å². The second kappa shape index (κ2) is 11.1. The van der Waals surface area contributed by atoms with Crippen molar-refractivity contribution >= 4 is 43.3 Å². The molecule has 2 aromatic heterocycles. The molecule has 11 rings (SSSR count). The maximum Gasteiger partial charge on any atom is 0.160 e. The fraction of sp³-hybridized carbons (Fsp3) is 0.0213. The number of thiophene rings is 1. The zero-order valence-corrected chi connectivity index (χ0v) is 29.0. The maximum atomic E-state index is 5.27. The number of hydrogen-bond acceptors (Lipinski definition) is 4. The fourth-order valence-electron chi connectivity index (χ4n) is 8.45. The predicted molar refractivity (Wildman–Crippen MR) is 213 cm³/mol. The van der Waals surface area contributed by atoms with E-state index in [0.29, 0.717) is 0 Å². The minimum Gasteiger partial charge on any atom is -0.228 e. The second-order valence-electron chi connectivity index (χ2n) is 13.3. The molecule has 238 valence electrons. The predicted octanol–water partition coefficient (Wildman–Crippen LogP) is 12.7. The van der Waals surface area contributed by atoms with Gasteiger partial charge in [-0.1, -0.05) is 151 Å². The quantitative estimate of drug-likeness (QED) is 0.185. The molecule has 1 spiro atoms. The summed E-state index contributed by atoms with van der Waals surface area (Å²) < 4.78 is 2.55. The first-order valence-electron chi connectivity index (χ1n) is 17.2. The molecule has 0 saturated carbocycles. The van der Waals surface area contributed by atoms with Crippen molar-refractivity contribution in [1.82, 2.24) is 9.97 Å². The Kier molecular flexibility index (Phi) is 6.30. The highest BCUT2D eigenvalue weighted by molar-refractivity contribution is 7.99. The zero-order chi connectivity index (χ0) is 33.5. The van der Waals surface area contributed by atoms with Crippen LogP contribution in [0.4, 0.5) is 0 Å². The Morgan fingerprint density at radius 3 is 1.76 bits per heavy atom. The van der Waals surface area contributed by atoms with Crippen LogP contribution in [0.25, 0.3) is 65.2 Å². The monoisotopic (exact) mass is 684 g/mol. The van der Waals surface area contributed by atoms with Crippen LogP contribution in [0.5, 0.6) is 0 Å². The third-order valence-corrected chi connectivity index (χ3v) is 12.8. The van der Waals surface area contributed by atoms with Crippen LogP contribution in [0.1, 0.15) is 22.3 Å². The van der Waals surface area contributed by atoms with Crippen molar-refractivity contribution in [1.29, 1.82) is 0 Å². The Bertz CT molecular complexity index is 2730. The van der Waals surface area contributed by atoms with Crippen LogP contribution >= 0.6 is 23.1 Å². The topological polar surface area (TPSA) is 25.8 Å². The van der Waals surface area contributed by atoms with E-state index in [1.165, 1.54) is 63.3 Å². The first-order valence-corrected chi connectivity index (χ1v) is 18.9. The Balaban J connectivity index is 1.22. The van der Waals surface area contributed by atoms with E-state index in [9.17, 15) is 0 Å². The summed E-state index contributed by atoms with van der Waals surface area (Å²) in [6.07, 6.45) is 0. The summed E-state index contributed by atoms with van der Waals surface area (Å²) in [6.45, 7) is 0. The minimum atomic E-state index is -0.419. The van der Waals surface area contributed by atoms with Gasteiger partial charge < -0.3 is 0 Å². The van der Waals surface area contributed by atoms with Crippen LogP contribution in [0, 0.1) is 0 Å². The third kappa shape index (κ3) is 4.18. The van der Waals surface area contributed by atoms with Gasteiger partial charge in [-0.2, -0.15) is 0 Å². The van der Waals surface area contributed by atoms with Crippen LogP contribution in [0.2, 0.25) is 0 Å². The van der Waals surface area contributed by atoms with Crippen molar-refractivity contribution in [3.8, 4) is 45.0 Å². The largest absolute Gasteiger partial charge is 0.228 e. The van der Waals surface area contributed by atoms with Gasteiger partial charge in [-0.25, -0.2) is 9.97 Å². The number of hydrogen-bond donors (Lipinski definition) is 0. The van der Waals surface area contributed by atoms with E-state index < -0.39 is 5.41 Å². The summed E-state index contributed by atoms with van der Waals surface area (Å²) in [7, 11) is 0. The van der Waals surface area contributed by atoms with Crippen LogP contribution in [-0.2, 0) is 5.41 Å². The molecule has 4 heteroatoms. The molecule has 3 heterocycles. The second-order valence-corrected chi connectivity index (χ2v) is 15.4. The average Bonchev–Trinajstić information content (AvgIpc) is 3.71. The van der Waals surface area contributed by atoms with Gasteiger partial charge in [0.25, 0.3) is 0 Å². The van der Waals surface area contributed by atoms with Crippen molar-refractivity contribution in [2.24, 2.45) is 0 Å². The van der Waals surface area contributed by atoms with Crippen molar-refractivity contribution < 1.29 is 0 Å². The number of nitrogens with zero attached hydrogens (tertiary/aromatic N) is 2. The van der Waals surface area contributed by atoms with Gasteiger partial charge in [0.05, 0.1) is 16.8 Å². The van der Waals surface area contributed by atoms with Gasteiger partial charge in [0.15, 0.2) is 5.82 Å². The van der Waals surface area contributed by atoms with Gasteiger partial charge in [-0.3, -0.25) is 0 Å². The standard InChI is InChI=1S/C47H28N2S2/c1-3-14-29(15-4-1)39-27-40(49-46(48-39)30-16-5-2-6-17-30)33-20-13-25-42-45(33)34-26-38-44(28-43(34)51-42)50-41-24-12-11-23-37(41)47(38)35-21-9-7-18-31(35)32-19-8-10-22-36(32)47/h1-28H. The van der Waals surface area contributed by atoms with Crippen molar-refractivity contribution in [2.75, 3.05) is 0 Å². The summed E-state index contributed by atoms with van der Waals surface area (Å²) in [6, 6.07) is 61.7. The molecule has 0 bridgehead atoms. The molecule has 1 aliphatic carbocycles. The molecule has 1 aliphatic heterocycles. The number of fused-ring (bicyclic) bond motifs is 12. The molecule has 9 aromatic rings. The molecule has 2 aliphatic rings. The van der Waals surface area contributed by atoms with E-state index in [-0.39, 0.29) is 0 Å². The van der Waals surface area contributed by atoms with Gasteiger partial charge in [0.1, 0.15) is 0 Å². The molecular weight excluding hydrogens is 657 g/mol. The van der Waals surface area contributed by atoms with Gasteiger partial charge >= 0.3 is 0 Å². The lowest BCUT2D eigenvalue weighted by atomic mass is 9.67. The Morgan fingerprint density at radius 1 is 0.412 bits per heavy atom. The van der Waals surface area contributed by atoms with Crippen molar-refractivity contribution in [3.05, 3.63) is 192 Å². The lowest BCUT2D eigenvalue weighted by Crippen LogP contribution is -2.31. The summed E-state index contributed by atoms with van der Waals surface area (Å²) >= 11 is 3.77. The molecule has 0 unspecified atom stereocenters. The van der Waals surface area contributed by atoms with E-state index >= 15 is 0 Å². The SMILES string of the molecule is c1ccc(-c2cc(-c3cccc4sc5cc6c(cc5c34)C3(c4ccccc4S6)c4ccccc4-c4ccccc43)nc(-c3ccccc3)n2)cc1. The van der Waals surface area contributed by atoms with Gasteiger partial charge in [-0.05, 0) is 63.7 Å². The van der Waals surface area contributed by atoms with Crippen LogP contribution in [0.15, 0.2) is 180 Å². The average molecular weight is 685 g/mol. The lowest BCUT2D eigenvalue weighted by molar-refractivity contribution is 0.724. The molecule has 0 amide bonds. The molecule has 7 aromatic carbocycles. The van der Waals surface area contributed by atoms with E-state index in [4.69, 9.17) is 9.97 Å². The van der Waals surface area contributed by atoms with E-state index in [1.807, 2.05) is 35.2 Å². The molecule has 51 heavy (non-hydrogen) atoms. The number of aromatic nitrogens is 2. The fourth-order valence-corrected chi connectivity index (χ4v) is 10.9. The maximum absolute atomic E-state index is 5.27. The summed E-state index contributed by atoms with van der Waals surface area (Å²) in [5.74, 6) is 0.729. The number of benzene rings is 7. The highest BCUT2D eigenvalue weighted by Crippen LogP contribution is 2.63. The van der Waals surface area contributed by atoms with E-state index in [0.717, 1.165) is 33.9 Å². The van der Waals surface area contributed by atoms with Crippen LogP contribution in [-0.4, -0.2) is 9.97 Å². The summed E-state index contributed by atoms with van der Waals surface area (Å²) in [5, 5.41) is 2.52. The van der Waals surface area contributed by atoms with Gasteiger partial charge in [0, 0.05) is 46.7 Å². The third-order valence-electron chi connectivity index (χ3n) is 10.6. The summed E-state index contributed by atoms with van der Waals surface area (Å²) in [5.41, 5.74) is 12.7. The lowest BCUT2D eigenvalue weighted by Gasteiger charge is -2.39. The smallest absolute Gasteiger partial charge is 0.160 e. The Morgan fingerprint density at radius 2 is 1.02 bits per heavy atom. The molecule has 0 fully saturated rings. The highest BCUT2D eigenvalue weighted by Gasteiger charge is 2.50. The van der Waals surface area contributed by atoms with Crippen molar-refractivity contribution in [2.45, 2.75) is 15.2 Å². The normalized spacial score (nSPS) is 13.6. The van der Waals surface area contributed by atoms with E-state index in [2.05, 4.69) is 158 Å². The zero-order valence-electron chi connectivity index (χ0n) is 27.4. The molecule has 0 N–H and O–H groups in total. The van der Waals surface area contributed by atoms with Crippen LogP contribution in [0.3, 0.4) is 0 Å². The Hall–Kier alpha value is -5.81.